The first-order chi connectivity index (χ1) is 13.2. The first-order valence-corrected chi connectivity index (χ1v) is 8.14. The number of nitrogens with zero attached hydrogens (tertiary/aromatic N) is 2. The van der Waals surface area contributed by atoms with Crippen molar-refractivity contribution in [1.82, 2.24) is 20.3 Å². The van der Waals surface area contributed by atoms with Gasteiger partial charge in [-0.15, -0.1) is 0 Å². The van der Waals surface area contributed by atoms with E-state index in [0.29, 0.717) is 36.0 Å². The molecule has 10 heteroatoms. The number of benzene rings is 1. The Hall–Kier alpha value is -3.30. The fourth-order valence-electron chi connectivity index (χ4n) is 3.01. The van der Waals surface area contributed by atoms with Gasteiger partial charge in [0.25, 0.3) is 5.91 Å². The number of hydrogen-bond acceptors (Lipinski definition) is 3. The SMILES string of the molecule is O=C1NCCc2[nH]c(-c3ccnc(-c4cc(C(F)(F)F)c(F)cc4F)n3)cc21. The Balaban J connectivity index is 1.79. The number of nitrogens with one attached hydrogen (secondary N) is 2. The summed E-state index contributed by atoms with van der Waals surface area (Å²) >= 11 is 0. The Labute approximate surface area is 154 Å². The molecule has 0 fully saturated rings. The number of hydrogen-bond donors (Lipinski definition) is 2. The standard InChI is InChI=1S/C18H11F5N4O/c19-11-7-12(20)10(18(21,22)23)5-8(11)16-24-3-2-14(27-16)15-6-9-13(26-15)1-4-25-17(9)28/h2-3,5-7,26H,1,4H2,(H,25,28). The average molecular weight is 394 g/mol. The van der Waals surface area contributed by atoms with Crippen LogP contribution in [0.4, 0.5) is 22.0 Å². The number of aromatic amines is 1. The summed E-state index contributed by atoms with van der Waals surface area (Å²) in [5, 5.41) is 2.69. The number of H-pyrrole nitrogens is 1. The molecule has 3 heterocycles. The molecule has 0 radical (unpaired) electrons. The summed E-state index contributed by atoms with van der Waals surface area (Å²) in [6.07, 6.45) is -3.16. The van der Waals surface area contributed by atoms with Crippen molar-refractivity contribution < 1.29 is 26.7 Å². The number of rotatable bonds is 2. The van der Waals surface area contributed by atoms with Crippen LogP contribution >= 0.6 is 0 Å². The van der Waals surface area contributed by atoms with E-state index in [1.54, 1.807) is 6.07 Å². The summed E-state index contributed by atoms with van der Waals surface area (Å²) in [4.78, 5) is 22.8. The zero-order valence-electron chi connectivity index (χ0n) is 14.0. The monoisotopic (exact) mass is 394 g/mol. The molecule has 0 bridgehead atoms. The Morgan fingerprint density at radius 3 is 2.54 bits per heavy atom. The molecule has 0 saturated heterocycles. The van der Waals surface area contributed by atoms with Crippen LogP contribution in [0, 0.1) is 11.6 Å². The van der Waals surface area contributed by atoms with Crippen LogP contribution in [0.2, 0.25) is 0 Å². The first-order valence-electron chi connectivity index (χ1n) is 8.14. The van der Waals surface area contributed by atoms with Gasteiger partial charge >= 0.3 is 6.18 Å². The third kappa shape index (κ3) is 3.10. The number of aromatic nitrogens is 3. The fourth-order valence-corrected chi connectivity index (χ4v) is 3.01. The lowest BCUT2D eigenvalue weighted by Gasteiger charge is -2.11. The van der Waals surface area contributed by atoms with E-state index >= 15 is 0 Å². The molecule has 0 unspecified atom stereocenters. The van der Waals surface area contributed by atoms with Gasteiger partial charge in [0.2, 0.25) is 0 Å². The van der Waals surface area contributed by atoms with Gasteiger partial charge in [0.15, 0.2) is 5.82 Å². The highest BCUT2D eigenvalue weighted by molar-refractivity contribution is 5.97. The van der Waals surface area contributed by atoms with Gasteiger partial charge in [-0.3, -0.25) is 4.79 Å². The second-order valence-corrected chi connectivity index (χ2v) is 6.16. The number of alkyl halides is 3. The lowest BCUT2D eigenvalue weighted by atomic mass is 10.1. The largest absolute Gasteiger partial charge is 0.419 e. The molecule has 4 rings (SSSR count). The fraction of sp³-hybridized carbons (Fsp3) is 0.167. The van der Waals surface area contributed by atoms with Crippen molar-refractivity contribution in [2.24, 2.45) is 0 Å². The van der Waals surface area contributed by atoms with E-state index < -0.39 is 28.9 Å². The Morgan fingerprint density at radius 2 is 1.82 bits per heavy atom. The molecule has 0 saturated carbocycles. The van der Waals surface area contributed by atoms with Crippen LogP contribution < -0.4 is 5.32 Å². The van der Waals surface area contributed by atoms with Crippen molar-refractivity contribution in [3.05, 3.63) is 58.9 Å². The van der Waals surface area contributed by atoms with Gasteiger partial charge in [-0.1, -0.05) is 0 Å². The molecule has 28 heavy (non-hydrogen) atoms. The van der Waals surface area contributed by atoms with Crippen LogP contribution in [-0.4, -0.2) is 27.4 Å². The van der Waals surface area contributed by atoms with E-state index in [1.165, 1.54) is 12.3 Å². The van der Waals surface area contributed by atoms with Gasteiger partial charge in [0.1, 0.15) is 11.6 Å². The maximum absolute atomic E-state index is 14.1. The smallest absolute Gasteiger partial charge is 0.356 e. The molecule has 1 aliphatic heterocycles. The van der Waals surface area contributed by atoms with Crippen molar-refractivity contribution in [2.75, 3.05) is 6.54 Å². The van der Waals surface area contributed by atoms with Gasteiger partial charge in [-0.05, 0) is 18.2 Å². The van der Waals surface area contributed by atoms with Crippen molar-refractivity contribution in [3.63, 3.8) is 0 Å². The molecule has 1 aromatic carbocycles. The highest BCUT2D eigenvalue weighted by Gasteiger charge is 2.35. The molecule has 0 atom stereocenters. The lowest BCUT2D eigenvalue weighted by Crippen LogP contribution is -2.31. The summed E-state index contributed by atoms with van der Waals surface area (Å²) in [6, 6.07) is 3.52. The van der Waals surface area contributed by atoms with Gasteiger partial charge in [0.05, 0.1) is 28.1 Å². The highest BCUT2D eigenvalue weighted by Crippen LogP contribution is 2.35. The second kappa shape index (κ2) is 6.39. The number of carbonyl (C=O) groups is 1. The number of amides is 1. The third-order valence-electron chi connectivity index (χ3n) is 4.34. The summed E-state index contributed by atoms with van der Waals surface area (Å²) in [7, 11) is 0. The van der Waals surface area contributed by atoms with Crippen LogP contribution in [0.25, 0.3) is 22.8 Å². The average Bonchev–Trinajstić information content (AvgIpc) is 3.06. The van der Waals surface area contributed by atoms with Gasteiger partial charge < -0.3 is 10.3 Å². The number of fused-ring (bicyclic) bond motifs is 1. The molecule has 2 aromatic heterocycles. The molecular weight excluding hydrogens is 383 g/mol. The van der Waals surface area contributed by atoms with Gasteiger partial charge in [-0.2, -0.15) is 13.2 Å². The van der Waals surface area contributed by atoms with Crippen molar-refractivity contribution >= 4 is 5.91 Å². The molecule has 3 aromatic rings. The Kier molecular flexibility index (Phi) is 4.13. The van der Waals surface area contributed by atoms with Crippen molar-refractivity contribution in [3.8, 4) is 22.8 Å². The molecule has 1 amide bonds. The molecule has 0 aliphatic carbocycles. The van der Waals surface area contributed by atoms with Gasteiger partial charge in [-0.25, -0.2) is 18.7 Å². The normalized spacial score (nSPS) is 14.0. The minimum atomic E-state index is -4.99. The van der Waals surface area contributed by atoms with Gasteiger partial charge in [0, 0.05) is 30.9 Å². The topological polar surface area (TPSA) is 70.7 Å². The maximum Gasteiger partial charge on any atom is 0.419 e. The first kappa shape index (κ1) is 18.1. The summed E-state index contributed by atoms with van der Waals surface area (Å²) in [5.41, 5.74) is -0.358. The number of halogens is 5. The third-order valence-corrected chi connectivity index (χ3v) is 4.34. The van der Waals surface area contributed by atoms with E-state index in [4.69, 9.17) is 0 Å². The van der Waals surface area contributed by atoms with Crippen LogP contribution in [0.15, 0.2) is 30.5 Å². The minimum Gasteiger partial charge on any atom is -0.356 e. The van der Waals surface area contributed by atoms with Crippen LogP contribution in [-0.2, 0) is 12.6 Å². The van der Waals surface area contributed by atoms with Crippen LogP contribution in [0.1, 0.15) is 21.6 Å². The van der Waals surface area contributed by atoms with E-state index in [2.05, 4.69) is 20.3 Å². The second-order valence-electron chi connectivity index (χ2n) is 6.16. The zero-order chi connectivity index (χ0) is 20.1. The molecular formula is C18H11F5N4O. The minimum absolute atomic E-state index is 0.159. The molecule has 2 N–H and O–H groups in total. The van der Waals surface area contributed by atoms with E-state index in [9.17, 15) is 26.7 Å². The van der Waals surface area contributed by atoms with Crippen LogP contribution in [0.3, 0.4) is 0 Å². The quantitative estimate of drug-likeness (QED) is 0.651. The van der Waals surface area contributed by atoms with Crippen molar-refractivity contribution in [1.29, 1.82) is 0 Å². The summed E-state index contributed by atoms with van der Waals surface area (Å²) in [6.45, 7) is 0.474. The van der Waals surface area contributed by atoms with E-state index in [1.807, 2.05) is 0 Å². The summed E-state index contributed by atoms with van der Waals surface area (Å²) in [5.74, 6) is -3.52. The summed E-state index contributed by atoms with van der Waals surface area (Å²) < 4.78 is 66.5. The van der Waals surface area contributed by atoms with Crippen molar-refractivity contribution in [2.45, 2.75) is 12.6 Å². The highest BCUT2D eigenvalue weighted by atomic mass is 19.4. The molecule has 5 nitrogen and oxygen atoms in total. The zero-order valence-corrected chi connectivity index (χ0v) is 14.0. The number of carbonyl (C=O) groups excluding carboxylic acids is 1. The Bertz CT molecular complexity index is 1090. The van der Waals surface area contributed by atoms with E-state index in [0.717, 1.165) is 0 Å². The molecule has 0 spiro atoms. The Morgan fingerprint density at radius 1 is 1.04 bits per heavy atom. The predicted octanol–water partition coefficient (Wildman–Crippen LogP) is 3.72. The molecule has 144 valence electrons. The maximum atomic E-state index is 14.1. The predicted molar refractivity (Wildman–Crippen MR) is 88.2 cm³/mol. The van der Waals surface area contributed by atoms with Crippen LogP contribution in [0.5, 0.6) is 0 Å². The van der Waals surface area contributed by atoms with E-state index in [-0.39, 0.29) is 23.5 Å². The molecule has 1 aliphatic rings. The lowest BCUT2D eigenvalue weighted by molar-refractivity contribution is -0.140.